The van der Waals surface area contributed by atoms with Gasteiger partial charge in [-0.3, -0.25) is 0 Å². The van der Waals surface area contributed by atoms with Crippen LogP contribution in [0.4, 0.5) is 11.8 Å². The Morgan fingerprint density at radius 2 is 1.91 bits per heavy atom. The Balaban J connectivity index is 1.72. The van der Waals surface area contributed by atoms with Gasteiger partial charge in [-0.1, -0.05) is 13.8 Å². The van der Waals surface area contributed by atoms with Crippen molar-refractivity contribution >= 4 is 11.8 Å². The van der Waals surface area contributed by atoms with E-state index in [0.717, 1.165) is 57.5 Å². The molecule has 0 N–H and O–H groups in total. The van der Waals surface area contributed by atoms with Crippen molar-refractivity contribution in [3.05, 3.63) is 6.20 Å². The van der Waals surface area contributed by atoms with Gasteiger partial charge in [-0.2, -0.15) is 10.1 Å². The molecule has 0 aliphatic carbocycles. The summed E-state index contributed by atoms with van der Waals surface area (Å²) in [6.07, 6.45) is 6.78. The molecular weight excluding hydrogens is 276 g/mol. The summed E-state index contributed by atoms with van der Waals surface area (Å²) in [7, 11) is 0. The van der Waals surface area contributed by atoms with E-state index in [1.807, 2.05) is 6.20 Å². The fourth-order valence-electron chi connectivity index (χ4n) is 3.54. The number of piperazine rings is 1. The Morgan fingerprint density at radius 3 is 2.64 bits per heavy atom. The first kappa shape index (κ1) is 15.5. The molecule has 3 rings (SSSR count). The molecule has 0 amide bonds. The summed E-state index contributed by atoms with van der Waals surface area (Å²) in [5.41, 5.74) is 0. The van der Waals surface area contributed by atoms with Crippen LogP contribution in [-0.2, 0) is 0 Å². The maximum absolute atomic E-state index is 4.83. The van der Waals surface area contributed by atoms with Crippen molar-refractivity contribution in [2.45, 2.75) is 45.6 Å². The van der Waals surface area contributed by atoms with Crippen LogP contribution in [0.3, 0.4) is 0 Å². The normalized spacial score (nSPS) is 23.8. The average Bonchev–Trinajstić information content (AvgIpc) is 2.62. The van der Waals surface area contributed by atoms with Gasteiger partial charge in [-0.25, -0.2) is 0 Å². The smallest absolute Gasteiger partial charge is 0.247 e. The Bertz CT molecular complexity index is 471. The molecule has 6 heteroatoms. The number of likely N-dealkylation sites (N-methyl/N-ethyl adjacent to an activating group) is 1. The molecule has 0 aromatic carbocycles. The van der Waals surface area contributed by atoms with Crippen LogP contribution in [-0.4, -0.2) is 65.4 Å². The fraction of sp³-hybridized carbons (Fsp3) is 0.812. The summed E-state index contributed by atoms with van der Waals surface area (Å²) in [5.74, 6) is 1.81. The largest absolute Gasteiger partial charge is 0.353 e. The van der Waals surface area contributed by atoms with E-state index in [4.69, 9.17) is 4.98 Å². The SMILES string of the molecule is CCC1CCCCN1c1nncc(N2CCN(CC)CC2)n1. The molecule has 1 atom stereocenters. The average molecular weight is 304 g/mol. The number of hydrogen-bond acceptors (Lipinski definition) is 6. The van der Waals surface area contributed by atoms with Crippen LogP contribution >= 0.6 is 0 Å². The van der Waals surface area contributed by atoms with Crippen molar-refractivity contribution in [3.63, 3.8) is 0 Å². The molecule has 1 unspecified atom stereocenters. The summed E-state index contributed by atoms with van der Waals surface area (Å²) >= 11 is 0. The summed E-state index contributed by atoms with van der Waals surface area (Å²) in [5, 5.41) is 8.55. The summed E-state index contributed by atoms with van der Waals surface area (Å²) in [6.45, 7) is 11.0. The van der Waals surface area contributed by atoms with Gasteiger partial charge in [0.05, 0.1) is 6.20 Å². The van der Waals surface area contributed by atoms with Crippen LogP contribution in [0.2, 0.25) is 0 Å². The van der Waals surface area contributed by atoms with Gasteiger partial charge in [0.15, 0.2) is 5.82 Å². The van der Waals surface area contributed by atoms with Crippen molar-refractivity contribution < 1.29 is 0 Å². The molecule has 6 nitrogen and oxygen atoms in total. The summed E-state index contributed by atoms with van der Waals surface area (Å²) < 4.78 is 0. The molecule has 1 aromatic rings. The maximum Gasteiger partial charge on any atom is 0.247 e. The van der Waals surface area contributed by atoms with Gasteiger partial charge in [-0.15, -0.1) is 5.10 Å². The van der Waals surface area contributed by atoms with Crippen molar-refractivity contribution in [1.29, 1.82) is 0 Å². The van der Waals surface area contributed by atoms with Gasteiger partial charge in [0, 0.05) is 38.8 Å². The molecule has 0 saturated carbocycles. The lowest BCUT2D eigenvalue weighted by Gasteiger charge is -2.37. The van der Waals surface area contributed by atoms with Crippen LogP contribution in [0.15, 0.2) is 6.20 Å². The minimum atomic E-state index is 0.572. The van der Waals surface area contributed by atoms with Crippen molar-refractivity contribution in [1.82, 2.24) is 20.1 Å². The van der Waals surface area contributed by atoms with E-state index >= 15 is 0 Å². The number of piperidine rings is 1. The number of aromatic nitrogens is 3. The van der Waals surface area contributed by atoms with Gasteiger partial charge in [0.1, 0.15) is 0 Å². The lowest BCUT2D eigenvalue weighted by Crippen LogP contribution is -2.47. The van der Waals surface area contributed by atoms with E-state index in [1.165, 1.54) is 19.3 Å². The molecule has 122 valence electrons. The molecule has 2 aliphatic rings. The highest BCUT2D eigenvalue weighted by atomic mass is 15.4. The second kappa shape index (κ2) is 7.22. The quantitative estimate of drug-likeness (QED) is 0.845. The van der Waals surface area contributed by atoms with E-state index < -0.39 is 0 Å². The van der Waals surface area contributed by atoms with Crippen molar-refractivity contribution in [2.75, 3.05) is 49.1 Å². The predicted octanol–water partition coefficient (Wildman–Crippen LogP) is 1.78. The second-order valence-corrected chi connectivity index (χ2v) is 6.29. The molecular formula is C16H28N6. The van der Waals surface area contributed by atoms with Gasteiger partial charge >= 0.3 is 0 Å². The Morgan fingerprint density at radius 1 is 1.09 bits per heavy atom. The molecule has 0 spiro atoms. The Hall–Kier alpha value is -1.43. The van der Waals surface area contributed by atoms with E-state index in [0.29, 0.717) is 6.04 Å². The molecule has 2 fully saturated rings. The Kier molecular flexibility index (Phi) is 5.08. The number of hydrogen-bond donors (Lipinski definition) is 0. The molecule has 2 saturated heterocycles. The fourth-order valence-corrected chi connectivity index (χ4v) is 3.54. The lowest BCUT2D eigenvalue weighted by molar-refractivity contribution is 0.270. The molecule has 0 radical (unpaired) electrons. The second-order valence-electron chi connectivity index (χ2n) is 6.29. The molecule has 22 heavy (non-hydrogen) atoms. The Labute approximate surface area is 133 Å². The summed E-state index contributed by atoms with van der Waals surface area (Å²) in [4.78, 5) is 12.0. The van der Waals surface area contributed by atoms with Gasteiger partial charge in [0.25, 0.3) is 0 Å². The first-order chi connectivity index (χ1) is 10.8. The third-order valence-corrected chi connectivity index (χ3v) is 5.03. The number of anilines is 2. The molecule has 2 aliphatic heterocycles. The van der Waals surface area contributed by atoms with Crippen molar-refractivity contribution in [3.8, 4) is 0 Å². The van der Waals surface area contributed by atoms with Crippen LogP contribution in [0.1, 0.15) is 39.5 Å². The number of nitrogens with zero attached hydrogens (tertiary/aromatic N) is 6. The standard InChI is InChI=1S/C16H28N6/c1-3-14-7-5-6-8-22(14)16-18-15(13-17-19-16)21-11-9-20(4-2)10-12-21/h13-14H,3-12H2,1-2H3. The maximum atomic E-state index is 4.83. The molecule has 3 heterocycles. The minimum Gasteiger partial charge on any atom is -0.353 e. The first-order valence-corrected chi connectivity index (χ1v) is 8.75. The van der Waals surface area contributed by atoms with Gasteiger partial charge in [-0.05, 0) is 32.2 Å². The number of rotatable bonds is 4. The van der Waals surface area contributed by atoms with E-state index in [9.17, 15) is 0 Å². The van der Waals surface area contributed by atoms with Crippen LogP contribution < -0.4 is 9.80 Å². The van der Waals surface area contributed by atoms with Crippen LogP contribution in [0, 0.1) is 0 Å². The lowest BCUT2D eigenvalue weighted by atomic mass is 10.0. The van der Waals surface area contributed by atoms with Crippen LogP contribution in [0.25, 0.3) is 0 Å². The van der Waals surface area contributed by atoms with Crippen LogP contribution in [0.5, 0.6) is 0 Å². The topological polar surface area (TPSA) is 48.4 Å². The van der Waals surface area contributed by atoms with E-state index in [-0.39, 0.29) is 0 Å². The first-order valence-electron chi connectivity index (χ1n) is 8.75. The highest BCUT2D eigenvalue weighted by Crippen LogP contribution is 2.24. The van der Waals surface area contributed by atoms with Gasteiger partial charge in [0.2, 0.25) is 5.95 Å². The van der Waals surface area contributed by atoms with Crippen molar-refractivity contribution in [2.24, 2.45) is 0 Å². The third kappa shape index (κ3) is 3.32. The minimum absolute atomic E-state index is 0.572. The predicted molar refractivity (Wildman–Crippen MR) is 89.4 cm³/mol. The highest BCUT2D eigenvalue weighted by molar-refractivity contribution is 5.42. The summed E-state index contributed by atoms with van der Waals surface area (Å²) in [6, 6.07) is 0.572. The highest BCUT2D eigenvalue weighted by Gasteiger charge is 2.25. The third-order valence-electron chi connectivity index (χ3n) is 5.03. The zero-order valence-electron chi connectivity index (χ0n) is 13.9. The van der Waals surface area contributed by atoms with E-state index in [2.05, 4.69) is 38.7 Å². The van der Waals surface area contributed by atoms with Gasteiger partial charge < -0.3 is 14.7 Å². The zero-order valence-corrected chi connectivity index (χ0v) is 13.9. The molecule has 0 bridgehead atoms. The monoisotopic (exact) mass is 304 g/mol. The molecule has 1 aromatic heterocycles. The van der Waals surface area contributed by atoms with E-state index in [1.54, 1.807) is 0 Å². The zero-order chi connectivity index (χ0) is 15.4.